The Morgan fingerprint density at radius 2 is 2.00 bits per heavy atom. The summed E-state index contributed by atoms with van der Waals surface area (Å²) in [6.07, 6.45) is 4.81. The molecule has 20 heavy (non-hydrogen) atoms. The smallest absolute Gasteiger partial charge is 0.326 e. The Bertz CT molecular complexity index is 331. The summed E-state index contributed by atoms with van der Waals surface area (Å²) in [5.74, 6) is -0.0166. The van der Waals surface area contributed by atoms with Gasteiger partial charge in [-0.3, -0.25) is 0 Å². The molecule has 0 aromatic heterocycles. The number of hydrogen-bond acceptors (Lipinski definition) is 2. The van der Waals surface area contributed by atoms with Gasteiger partial charge in [-0.2, -0.15) is 0 Å². The number of hydrogen-bond donors (Lipinski definition) is 2. The molecule has 2 amide bonds. The van der Waals surface area contributed by atoms with Crippen molar-refractivity contribution >= 4 is 12.0 Å². The number of carboxylic acid groups (broad SMARTS) is 1. The predicted molar refractivity (Wildman–Crippen MR) is 78.6 cm³/mol. The Kier molecular flexibility index (Phi) is 6.82. The van der Waals surface area contributed by atoms with E-state index < -0.39 is 12.0 Å². The van der Waals surface area contributed by atoms with Crippen LogP contribution in [-0.2, 0) is 4.79 Å². The fraction of sp³-hybridized carbons (Fsp3) is 0.867. The molecule has 5 heteroatoms. The number of likely N-dealkylation sites (tertiary alicyclic amines) is 1. The van der Waals surface area contributed by atoms with E-state index in [1.54, 1.807) is 4.90 Å². The first-order chi connectivity index (χ1) is 9.43. The van der Waals surface area contributed by atoms with E-state index in [0.717, 1.165) is 38.8 Å². The Hall–Kier alpha value is -1.26. The maximum atomic E-state index is 12.2. The molecule has 1 fully saturated rings. The first-order valence-electron chi connectivity index (χ1n) is 7.72. The Balaban J connectivity index is 2.53. The van der Waals surface area contributed by atoms with E-state index in [0.29, 0.717) is 12.3 Å². The normalized spacial score (nSPS) is 21.4. The molecule has 0 aromatic carbocycles. The minimum Gasteiger partial charge on any atom is -0.480 e. The molecule has 1 heterocycles. The molecule has 5 nitrogen and oxygen atoms in total. The molecule has 0 aromatic rings. The highest BCUT2D eigenvalue weighted by Gasteiger charge is 2.25. The van der Waals surface area contributed by atoms with Crippen LogP contribution in [0.3, 0.4) is 0 Å². The monoisotopic (exact) mass is 284 g/mol. The van der Waals surface area contributed by atoms with Crippen LogP contribution >= 0.6 is 0 Å². The molecular weight excluding hydrogens is 256 g/mol. The molecule has 0 bridgehead atoms. The summed E-state index contributed by atoms with van der Waals surface area (Å²) < 4.78 is 0. The zero-order chi connectivity index (χ0) is 15.1. The largest absolute Gasteiger partial charge is 0.480 e. The summed E-state index contributed by atoms with van der Waals surface area (Å²) >= 11 is 0. The third kappa shape index (κ3) is 5.39. The van der Waals surface area contributed by atoms with Crippen molar-refractivity contribution in [2.45, 2.75) is 58.9 Å². The standard InChI is InChI=1S/C15H28N2O3/c1-4-12-6-5-8-17(9-7-12)15(20)16-13(14(18)19)10-11(2)3/h11-13H,4-10H2,1-3H3,(H,16,20)(H,18,19)/t12?,13-/m1/s1. The highest BCUT2D eigenvalue weighted by molar-refractivity contribution is 5.82. The van der Waals surface area contributed by atoms with Gasteiger partial charge in [0.05, 0.1) is 0 Å². The number of rotatable bonds is 5. The van der Waals surface area contributed by atoms with Crippen LogP contribution in [0.5, 0.6) is 0 Å². The minimum atomic E-state index is -0.951. The van der Waals surface area contributed by atoms with Gasteiger partial charge >= 0.3 is 12.0 Å². The lowest BCUT2D eigenvalue weighted by Crippen LogP contribution is -2.48. The van der Waals surface area contributed by atoms with Crippen LogP contribution in [0.15, 0.2) is 0 Å². The number of carboxylic acids is 1. The average molecular weight is 284 g/mol. The molecule has 0 aliphatic carbocycles. The minimum absolute atomic E-state index is 0.227. The molecule has 116 valence electrons. The lowest BCUT2D eigenvalue weighted by molar-refractivity contribution is -0.139. The summed E-state index contributed by atoms with van der Waals surface area (Å²) in [6.45, 7) is 7.57. The molecule has 1 unspecified atom stereocenters. The number of nitrogens with one attached hydrogen (secondary N) is 1. The van der Waals surface area contributed by atoms with Gasteiger partial charge in [-0.05, 0) is 37.5 Å². The molecule has 1 aliphatic rings. The lowest BCUT2D eigenvalue weighted by Gasteiger charge is -2.24. The number of amides is 2. The molecule has 1 aliphatic heterocycles. The number of aliphatic carboxylic acids is 1. The van der Waals surface area contributed by atoms with Crippen molar-refractivity contribution < 1.29 is 14.7 Å². The third-order valence-electron chi connectivity index (χ3n) is 4.02. The van der Waals surface area contributed by atoms with Gasteiger partial charge in [-0.1, -0.05) is 27.2 Å². The lowest BCUT2D eigenvalue weighted by atomic mass is 9.98. The van der Waals surface area contributed by atoms with E-state index >= 15 is 0 Å². The van der Waals surface area contributed by atoms with Crippen LogP contribution in [0.1, 0.15) is 52.9 Å². The zero-order valence-corrected chi connectivity index (χ0v) is 12.9. The van der Waals surface area contributed by atoms with Gasteiger partial charge in [-0.25, -0.2) is 9.59 Å². The van der Waals surface area contributed by atoms with Crippen molar-refractivity contribution in [1.82, 2.24) is 10.2 Å². The average Bonchev–Trinajstić information content (AvgIpc) is 2.62. The number of carbonyl (C=O) groups excluding carboxylic acids is 1. The van der Waals surface area contributed by atoms with Crippen LogP contribution in [-0.4, -0.2) is 41.1 Å². The SMILES string of the molecule is CCC1CCCN(C(=O)N[C@H](CC(C)C)C(=O)O)CC1. The molecule has 0 saturated carbocycles. The molecular formula is C15H28N2O3. The van der Waals surface area contributed by atoms with Gasteiger partial charge in [0.15, 0.2) is 0 Å². The molecule has 1 rings (SSSR count). The highest BCUT2D eigenvalue weighted by Crippen LogP contribution is 2.20. The van der Waals surface area contributed by atoms with E-state index in [2.05, 4.69) is 12.2 Å². The van der Waals surface area contributed by atoms with Crippen molar-refractivity contribution in [3.8, 4) is 0 Å². The van der Waals surface area contributed by atoms with Gasteiger partial charge in [0, 0.05) is 13.1 Å². The second kappa shape index (κ2) is 8.12. The van der Waals surface area contributed by atoms with Crippen LogP contribution in [0, 0.1) is 11.8 Å². The second-order valence-electron chi connectivity index (χ2n) is 6.16. The van der Waals surface area contributed by atoms with Crippen molar-refractivity contribution in [3.05, 3.63) is 0 Å². The van der Waals surface area contributed by atoms with Gasteiger partial charge in [-0.15, -0.1) is 0 Å². The van der Waals surface area contributed by atoms with E-state index in [1.165, 1.54) is 0 Å². The second-order valence-corrected chi connectivity index (χ2v) is 6.16. The van der Waals surface area contributed by atoms with E-state index in [4.69, 9.17) is 0 Å². The predicted octanol–water partition coefficient (Wildman–Crippen LogP) is 2.71. The fourth-order valence-corrected chi connectivity index (χ4v) is 2.71. The Morgan fingerprint density at radius 1 is 1.30 bits per heavy atom. The maximum Gasteiger partial charge on any atom is 0.326 e. The first-order valence-corrected chi connectivity index (χ1v) is 7.72. The van der Waals surface area contributed by atoms with Crippen LogP contribution < -0.4 is 5.32 Å². The zero-order valence-electron chi connectivity index (χ0n) is 12.9. The van der Waals surface area contributed by atoms with E-state index in [1.807, 2.05) is 13.8 Å². The van der Waals surface area contributed by atoms with Gasteiger partial charge in [0.25, 0.3) is 0 Å². The maximum absolute atomic E-state index is 12.2. The van der Waals surface area contributed by atoms with Crippen molar-refractivity contribution in [1.29, 1.82) is 0 Å². The quantitative estimate of drug-likeness (QED) is 0.815. The summed E-state index contributed by atoms with van der Waals surface area (Å²) in [5.41, 5.74) is 0. The third-order valence-corrected chi connectivity index (χ3v) is 4.02. The van der Waals surface area contributed by atoms with Crippen molar-refractivity contribution in [2.75, 3.05) is 13.1 Å². The number of urea groups is 1. The Morgan fingerprint density at radius 3 is 2.55 bits per heavy atom. The van der Waals surface area contributed by atoms with Gasteiger partial charge in [0.1, 0.15) is 6.04 Å². The first kappa shape index (κ1) is 16.8. The van der Waals surface area contributed by atoms with Crippen LogP contribution in [0.2, 0.25) is 0 Å². The Labute approximate surface area is 121 Å². The summed E-state index contributed by atoms with van der Waals surface area (Å²) in [4.78, 5) is 25.1. The molecule has 0 spiro atoms. The van der Waals surface area contributed by atoms with Crippen molar-refractivity contribution in [2.24, 2.45) is 11.8 Å². The molecule has 2 atom stereocenters. The number of carbonyl (C=O) groups is 2. The summed E-state index contributed by atoms with van der Waals surface area (Å²) in [7, 11) is 0. The number of nitrogens with zero attached hydrogens (tertiary/aromatic N) is 1. The summed E-state index contributed by atoms with van der Waals surface area (Å²) in [5, 5.41) is 11.8. The molecule has 2 N–H and O–H groups in total. The summed E-state index contributed by atoms with van der Waals surface area (Å²) in [6, 6.07) is -1.01. The van der Waals surface area contributed by atoms with E-state index in [9.17, 15) is 14.7 Å². The van der Waals surface area contributed by atoms with Gasteiger partial charge in [0.2, 0.25) is 0 Å². The fourth-order valence-electron chi connectivity index (χ4n) is 2.71. The van der Waals surface area contributed by atoms with Crippen LogP contribution in [0.4, 0.5) is 4.79 Å². The van der Waals surface area contributed by atoms with Crippen molar-refractivity contribution in [3.63, 3.8) is 0 Å². The molecule has 0 radical (unpaired) electrons. The van der Waals surface area contributed by atoms with E-state index in [-0.39, 0.29) is 11.9 Å². The molecule has 1 saturated heterocycles. The van der Waals surface area contributed by atoms with Crippen LogP contribution in [0.25, 0.3) is 0 Å². The topological polar surface area (TPSA) is 69.6 Å². The van der Waals surface area contributed by atoms with Gasteiger partial charge < -0.3 is 15.3 Å². The highest BCUT2D eigenvalue weighted by atomic mass is 16.4.